The lowest BCUT2D eigenvalue weighted by molar-refractivity contribution is 0.0239. The SMILES string of the molecule is CC(C)(C)OC(=O)N1Cc2cnn(-c3cc(Cl)ncn3)c2C1. The van der Waals surface area contributed by atoms with Crippen LogP contribution >= 0.6 is 11.6 Å². The summed E-state index contributed by atoms with van der Waals surface area (Å²) in [6.45, 7) is 6.44. The summed E-state index contributed by atoms with van der Waals surface area (Å²) in [5.74, 6) is 0.576. The van der Waals surface area contributed by atoms with Gasteiger partial charge in [0, 0.05) is 11.6 Å². The van der Waals surface area contributed by atoms with E-state index in [0.29, 0.717) is 24.1 Å². The molecule has 0 saturated heterocycles. The van der Waals surface area contributed by atoms with Crippen LogP contribution in [0.2, 0.25) is 5.15 Å². The third kappa shape index (κ3) is 2.89. The number of rotatable bonds is 1. The first-order valence-corrected chi connectivity index (χ1v) is 7.23. The molecule has 22 heavy (non-hydrogen) atoms. The Morgan fingerprint density at radius 2 is 2.09 bits per heavy atom. The lowest BCUT2D eigenvalue weighted by Gasteiger charge is -2.24. The number of hydrogen-bond acceptors (Lipinski definition) is 5. The molecule has 0 spiro atoms. The van der Waals surface area contributed by atoms with Gasteiger partial charge in [-0.1, -0.05) is 11.6 Å². The van der Waals surface area contributed by atoms with Crippen molar-refractivity contribution in [3.63, 3.8) is 0 Å². The molecule has 0 fully saturated rings. The normalized spacial score (nSPS) is 14.1. The molecular formula is C14H16ClN5O2. The van der Waals surface area contributed by atoms with Crippen LogP contribution in [0.25, 0.3) is 5.82 Å². The van der Waals surface area contributed by atoms with Gasteiger partial charge in [0.15, 0.2) is 5.82 Å². The Kier molecular flexibility index (Phi) is 3.52. The van der Waals surface area contributed by atoms with E-state index in [1.54, 1.807) is 21.8 Å². The predicted molar refractivity (Wildman–Crippen MR) is 79.6 cm³/mol. The highest BCUT2D eigenvalue weighted by atomic mass is 35.5. The van der Waals surface area contributed by atoms with Gasteiger partial charge in [-0.25, -0.2) is 19.4 Å². The lowest BCUT2D eigenvalue weighted by atomic mass is 10.2. The van der Waals surface area contributed by atoms with Gasteiger partial charge < -0.3 is 4.74 Å². The van der Waals surface area contributed by atoms with Crippen LogP contribution in [0, 0.1) is 0 Å². The number of hydrogen-bond donors (Lipinski definition) is 0. The zero-order valence-corrected chi connectivity index (χ0v) is 13.3. The molecule has 0 atom stereocenters. The van der Waals surface area contributed by atoms with Crippen molar-refractivity contribution in [2.45, 2.75) is 39.5 Å². The Balaban J connectivity index is 1.82. The molecule has 3 heterocycles. The molecule has 1 aliphatic rings. The number of aromatic nitrogens is 4. The molecule has 0 unspecified atom stereocenters. The quantitative estimate of drug-likeness (QED) is 0.755. The van der Waals surface area contributed by atoms with Crippen molar-refractivity contribution in [3.05, 3.63) is 35.0 Å². The summed E-state index contributed by atoms with van der Waals surface area (Å²) in [5.41, 5.74) is 1.36. The van der Waals surface area contributed by atoms with Crippen molar-refractivity contribution in [1.29, 1.82) is 0 Å². The van der Waals surface area contributed by atoms with Crippen molar-refractivity contribution in [1.82, 2.24) is 24.6 Å². The minimum absolute atomic E-state index is 0.337. The average molecular weight is 322 g/mol. The van der Waals surface area contributed by atoms with Crippen LogP contribution in [-0.4, -0.2) is 36.3 Å². The standard InChI is InChI=1S/C14H16ClN5O2/c1-14(2,3)22-13(21)19-6-9-5-18-20(10(9)7-19)12-4-11(15)16-8-17-12/h4-5,8H,6-7H2,1-3H3. The Morgan fingerprint density at radius 3 is 2.77 bits per heavy atom. The highest BCUT2D eigenvalue weighted by molar-refractivity contribution is 6.29. The Morgan fingerprint density at radius 1 is 1.32 bits per heavy atom. The van der Waals surface area contributed by atoms with Crippen molar-refractivity contribution < 1.29 is 9.53 Å². The van der Waals surface area contributed by atoms with Crippen LogP contribution in [0.4, 0.5) is 4.79 Å². The molecule has 0 N–H and O–H groups in total. The zero-order valence-electron chi connectivity index (χ0n) is 12.6. The largest absolute Gasteiger partial charge is 0.444 e. The van der Waals surface area contributed by atoms with Crippen LogP contribution in [0.1, 0.15) is 32.0 Å². The summed E-state index contributed by atoms with van der Waals surface area (Å²) in [5, 5.41) is 4.65. The molecule has 8 heteroatoms. The molecule has 1 amide bonds. The van der Waals surface area contributed by atoms with E-state index < -0.39 is 5.60 Å². The lowest BCUT2D eigenvalue weighted by Crippen LogP contribution is -2.33. The average Bonchev–Trinajstić information content (AvgIpc) is 2.95. The Bertz CT molecular complexity index is 722. The van der Waals surface area contributed by atoms with Crippen LogP contribution in [0.5, 0.6) is 0 Å². The summed E-state index contributed by atoms with van der Waals surface area (Å²) < 4.78 is 7.07. The first kappa shape index (κ1) is 14.8. The monoisotopic (exact) mass is 321 g/mol. The van der Waals surface area contributed by atoms with E-state index in [1.807, 2.05) is 20.8 Å². The van der Waals surface area contributed by atoms with Gasteiger partial charge in [-0.05, 0) is 20.8 Å². The Labute approximate surface area is 132 Å². The fourth-order valence-corrected chi connectivity index (χ4v) is 2.38. The van der Waals surface area contributed by atoms with Gasteiger partial charge in [0.1, 0.15) is 17.1 Å². The van der Waals surface area contributed by atoms with Gasteiger partial charge in [0.2, 0.25) is 0 Å². The van der Waals surface area contributed by atoms with E-state index in [2.05, 4.69) is 15.1 Å². The van der Waals surface area contributed by atoms with Crippen LogP contribution in [0.3, 0.4) is 0 Å². The molecule has 0 aromatic carbocycles. The molecule has 0 radical (unpaired) electrons. The molecule has 0 saturated carbocycles. The van der Waals surface area contributed by atoms with Gasteiger partial charge in [-0.3, -0.25) is 4.90 Å². The van der Waals surface area contributed by atoms with Crippen LogP contribution in [-0.2, 0) is 17.8 Å². The highest BCUT2D eigenvalue weighted by Crippen LogP contribution is 2.26. The molecule has 3 rings (SSSR count). The molecule has 0 aliphatic carbocycles. The summed E-state index contributed by atoms with van der Waals surface area (Å²) in [4.78, 5) is 21.8. The van der Waals surface area contributed by atoms with E-state index in [4.69, 9.17) is 16.3 Å². The van der Waals surface area contributed by atoms with E-state index in [0.717, 1.165) is 11.3 Å². The maximum Gasteiger partial charge on any atom is 0.410 e. The van der Waals surface area contributed by atoms with Crippen molar-refractivity contribution >= 4 is 17.7 Å². The van der Waals surface area contributed by atoms with Crippen molar-refractivity contribution in [2.75, 3.05) is 0 Å². The predicted octanol–water partition coefficient (Wildman–Crippen LogP) is 2.57. The number of carbonyl (C=O) groups is 1. The molecular weight excluding hydrogens is 306 g/mol. The number of nitrogens with zero attached hydrogens (tertiary/aromatic N) is 5. The van der Waals surface area contributed by atoms with Crippen molar-refractivity contribution in [3.8, 4) is 5.82 Å². The van der Waals surface area contributed by atoms with Gasteiger partial charge in [-0.15, -0.1) is 0 Å². The number of fused-ring (bicyclic) bond motifs is 1. The fraction of sp³-hybridized carbons (Fsp3) is 0.429. The van der Waals surface area contributed by atoms with Gasteiger partial charge in [0.25, 0.3) is 0 Å². The fourth-order valence-electron chi connectivity index (χ4n) is 2.24. The van der Waals surface area contributed by atoms with E-state index >= 15 is 0 Å². The second kappa shape index (κ2) is 5.24. The number of carbonyl (C=O) groups excluding carboxylic acids is 1. The third-order valence-electron chi connectivity index (χ3n) is 3.15. The second-order valence-corrected chi connectivity index (χ2v) is 6.45. The molecule has 1 aliphatic heterocycles. The van der Waals surface area contributed by atoms with Crippen LogP contribution < -0.4 is 0 Å². The van der Waals surface area contributed by atoms with E-state index in [1.165, 1.54) is 6.33 Å². The molecule has 0 bridgehead atoms. The third-order valence-corrected chi connectivity index (χ3v) is 3.35. The molecule has 2 aromatic heterocycles. The maximum absolute atomic E-state index is 12.2. The van der Waals surface area contributed by atoms with Gasteiger partial charge in [-0.2, -0.15) is 5.10 Å². The minimum atomic E-state index is -0.516. The number of amides is 1. The first-order valence-electron chi connectivity index (χ1n) is 6.85. The van der Waals surface area contributed by atoms with E-state index in [-0.39, 0.29) is 6.09 Å². The molecule has 2 aromatic rings. The van der Waals surface area contributed by atoms with Crippen LogP contribution in [0.15, 0.2) is 18.6 Å². The molecule has 116 valence electrons. The second-order valence-electron chi connectivity index (χ2n) is 6.06. The number of halogens is 1. The smallest absolute Gasteiger partial charge is 0.410 e. The van der Waals surface area contributed by atoms with Gasteiger partial charge >= 0.3 is 6.09 Å². The Hall–Kier alpha value is -2.15. The summed E-state index contributed by atoms with van der Waals surface area (Å²) >= 11 is 5.89. The van der Waals surface area contributed by atoms with Gasteiger partial charge in [0.05, 0.1) is 25.0 Å². The summed E-state index contributed by atoms with van der Waals surface area (Å²) in [7, 11) is 0. The summed E-state index contributed by atoms with van der Waals surface area (Å²) in [6.07, 6.45) is 2.78. The maximum atomic E-state index is 12.2. The minimum Gasteiger partial charge on any atom is -0.444 e. The van der Waals surface area contributed by atoms with Crippen molar-refractivity contribution in [2.24, 2.45) is 0 Å². The topological polar surface area (TPSA) is 73.1 Å². The summed E-state index contributed by atoms with van der Waals surface area (Å²) in [6, 6.07) is 1.63. The van der Waals surface area contributed by atoms with E-state index in [9.17, 15) is 4.79 Å². The first-order chi connectivity index (χ1) is 10.3. The zero-order chi connectivity index (χ0) is 15.9. The molecule has 7 nitrogen and oxygen atoms in total. The highest BCUT2D eigenvalue weighted by Gasteiger charge is 2.31. The number of ether oxygens (including phenoxy) is 1.